The van der Waals surface area contributed by atoms with Gasteiger partial charge in [-0.05, 0) is 16.2 Å². The van der Waals surface area contributed by atoms with Gasteiger partial charge in [0, 0.05) is 10.9 Å². The number of fused-ring (bicyclic) bond motifs is 1. The van der Waals surface area contributed by atoms with E-state index in [1.807, 2.05) is 0 Å². The maximum Gasteiger partial charge on any atom is 0.111 e. The van der Waals surface area contributed by atoms with Crippen molar-refractivity contribution in [2.24, 2.45) is 11.1 Å². The van der Waals surface area contributed by atoms with Crippen molar-refractivity contribution < 1.29 is 0 Å². The van der Waals surface area contributed by atoms with Gasteiger partial charge in [0.2, 0.25) is 0 Å². The van der Waals surface area contributed by atoms with Crippen LogP contribution in [0.4, 0.5) is 0 Å². The van der Waals surface area contributed by atoms with Crippen LogP contribution >= 0.6 is 11.3 Å². The second-order valence-electron chi connectivity index (χ2n) is 6.44. The monoisotopic (exact) mass is 296 g/mol. The van der Waals surface area contributed by atoms with Crippen LogP contribution in [0.25, 0.3) is 22.0 Å². The molecular formula is C18H20N2S. The van der Waals surface area contributed by atoms with Crippen LogP contribution in [0.1, 0.15) is 31.8 Å². The highest BCUT2D eigenvalue weighted by Crippen LogP contribution is 2.35. The topological polar surface area (TPSA) is 38.9 Å². The van der Waals surface area contributed by atoms with Gasteiger partial charge in [-0.1, -0.05) is 63.2 Å². The average molecular weight is 296 g/mol. The first kappa shape index (κ1) is 14.2. The smallest absolute Gasteiger partial charge is 0.111 e. The predicted molar refractivity (Wildman–Crippen MR) is 91.4 cm³/mol. The van der Waals surface area contributed by atoms with E-state index in [9.17, 15) is 0 Å². The zero-order chi connectivity index (χ0) is 15.0. The van der Waals surface area contributed by atoms with Crippen LogP contribution in [-0.4, -0.2) is 4.98 Å². The minimum absolute atomic E-state index is 0.0217. The number of rotatable bonds is 2. The lowest BCUT2D eigenvalue weighted by Crippen LogP contribution is -2.26. The molecule has 1 unspecified atom stereocenters. The van der Waals surface area contributed by atoms with E-state index >= 15 is 0 Å². The Labute approximate surface area is 129 Å². The Morgan fingerprint density at radius 2 is 1.76 bits per heavy atom. The fourth-order valence-corrected chi connectivity index (χ4v) is 3.44. The highest BCUT2D eigenvalue weighted by Gasteiger charge is 2.25. The number of thiazole rings is 1. The molecule has 21 heavy (non-hydrogen) atoms. The van der Waals surface area contributed by atoms with Crippen molar-refractivity contribution in [3.8, 4) is 11.3 Å². The summed E-state index contributed by atoms with van der Waals surface area (Å²) in [5.74, 6) is 0. The third kappa shape index (κ3) is 2.71. The molecule has 3 rings (SSSR count). The molecule has 0 aliphatic carbocycles. The largest absolute Gasteiger partial charge is 0.322 e. The third-order valence-corrected chi connectivity index (χ3v) is 4.71. The van der Waals surface area contributed by atoms with Crippen molar-refractivity contribution >= 4 is 22.1 Å². The molecule has 3 aromatic rings. The maximum absolute atomic E-state index is 6.32. The maximum atomic E-state index is 6.32. The summed E-state index contributed by atoms with van der Waals surface area (Å²) in [4.78, 5) is 4.79. The summed E-state index contributed by atoms with van der Waals surface area (Å²) in [5.41, 5.74) is 8.54. The average Bonchev–Trinajstić information content (AvgIpc) is 2.94. The molecule has 0 fully saturated rings. The zero-order valence-corrected chi connectivity index (χ0v) is 13.4. The van der Waals surface area contributed by atoms with E-state index in [4.69, 9.17) is 10.7 Å². The van der Waals surface area contributed by atoms with Crippen LogP contribution in [0, 0.1) is 5.41 Å². The Kier molecular flexibility index (Phi) is 3.56. The van der Waals surface area contributed by atoms with Crippen molar-refractivity contribution in [1.82, 2.24) is 4.98 Å². The third-order valence-electron chi connectivity index (χ3n) is 3.79. The Balaban J connectivity index is 2.07. The van der Waals surface area contributed by atoms with Gasteiger partial charge in [0.1, 0.15) is 5.01 Å². The van der Waals surface area contributed by atoms with Crippen molar-refractivity contribution in [3.05, 3.63) is 52.9 Å². The number of hydrogen-bond acceptors (Lipinski definition) is 3. The minimum atomic E-state index is -0.0359. The molecule has 1 heterocycles. The molecular weight excluding hydrogens is 276 g/mol. The molecule has 1 aromatic heterocycles. The first-order chi connectivity index (χ1) is 9.97. The van der Waals surface area contributed by atoms with Crippen molar-refractivity contribution in [1.29, 1.82) is 0 Å². The van der Waals surface area contributed by atoms with E-state index < -0.39 is 0 Å². The van der Waals surface area contributed by atoms with Crippen LogP contribution in [0.2, 0.25) is 0 Å². The molecule has 3 heteroatoms. The van der Waals surface area contributed by atoms with E-state index in [1.165, 1.54) is 16.3 Å². The Morgan fingerprint density at radius 3 is 2.52 bits per heavy atom. The minimum Gasteiger partial charge on any atom is -0.322 e. The van der Waals surface area contributed by atoms with E-state index in [-0.39, 0.29) is 11.5 Å². The molecule has 2 aromatic carbocycles. The zero-order valence-electron chi connectivity index (χ0n) is 12.6. The van der Waals surface area contributed by atoms with E-state index in [2.05, 4.69) is 68.6 Å². The van der Waals surface area contributed by atoms with Crippen LogP contribution < -0.4 is 5.73 Å². The quantitative estimate of drug-likeness (QED) is 0.722. The van der Waals surface area contributed by atoms with Gasteiger partial charge in [0.05, 0.1) is 11.7 Å². The summed E-state index contributed by atoms with van der Waals surface area (Å²) >= 11 is 1.65. The molecule has 0 spiro atoms. The highest BCUT2D eigenvalue weighted by atomic mass is 32.1. The van der Waals surface area contributed by atoms with Gasteiger partial charge >= 0.3 is 0 Å². The summed E-state index contributed by atoms with van der Waals surface area (Å²) in [6, 6.07) is 14.7. The van der Waals surface area contributed by atoms with Gasteiger partial charge in [-0.3, -0.25) is 0 Å². The van der Waals surface area contributed by atoms with E-state index in [1.54, 1.807) is 11.3 Å². The fraction of sp³-hybridized carbons (Fsp3) is 0.278. The second kappa shape index (κ2) is 5.24. The molecule has 0 saturated carbocycles. The van der Waals surface area contributed by atoms with Gasteiger partial charge in [-0.15, -0.1) is 11.3 Å². The fourth-order valence-electron chi connectivity index (χ4n) is 2.37. The summed E-state index contributed by atoms with van der Waals surface area (Å²) in [5, 5.41) is 5.60. The van der Waals surface area contributed by atoms with Gasteiger partial charge in [-0.2, -0.15) is 0 Å². The molecule has 0 bridgehead atoms. The van der Waals surface area contributed by atoms with Gasteiger partial charge in [0.15, 0.2) is 0 Å². The molecule has 1 atom stereocenters. The lowest BCUT2D eigenvalue weighted by atomic mass is 9.88. The Morgan fingerprint density at radius 1 is 1.05 bits per heavy atom. The normalized spacial score (nSPS) is 13.5. The number of nitrogens with two attached hydrogens (primary N) is 1. The molecule has 108 valence electrons. The van der Waals surface area contributed by atoms with Gasteiger partial charge in [0.25, 0.3) is 0 Å². The number of hydrogen-bond donors (Lipinski definition) is 1. The number of nitrogens with zero attached hydrogens (tertiary/aromatic N) is 1. The summed E-state index contributed by atoms with van der Waals surface area (Å²) in [7, 11) is 0. The standard InChI is InChI=1S/C18H20N2S/c1-18(2,3)16(19)17-20-15(11-21-17)14-10-6-8-12-7-4-5-9-13(12)14/h4-11,16H,19H2,1-3H3. The first-order valence-corrected chi connectivity index (χ1v) is 8.04. The predicted octanol–water partition coefficient (Wildman–Crippen LogP) is 5.01. The summed E-state index contributed by atoms with van der Waals surface area (Å²) < 4.78 is 0. The first-order valence-electron chi connectivity index (χ1n) is 7.16. The molecule has 0 aliphatic rings. The molecule has 0 amide bonds. The van der Waals surface area contributed by atoms with Crippen molar-refractivity contribution in [2.75, 3.05) is 0 Å². The molecule has 2 N–H and O–H groups in total. The van der Waals surface area contributed by atoms with Crippen LogP contribution in [0.5, 0.6) is 0 Å². The van der Waals surface area contributed by atoms with Crippen LogP contribution in [-0.2, 0) is 0 Å². The van der Waals surface area contributed by atoms with Gasteiger partial charge < -0.3 is 5.73 Å². The van der Waals surface area contributed by atoms with Gasteiger partial charge in [-0.25, -0.2) is 4.98 Å². The highest BCUT2D eigenvalue weighted by molar-refractivity contribution is 7.10. The van der Waals surface area contributed by atoms with Crippen molar-refractivity contribution in [3.63, 3.8) is 0 Å². The molecule has 0 saturated heterocycles. The second-order valence-corrected chi connectivity index (χ2v) is 7.33. The lowest BCUT2D eigenvalue weighted by molar-refractivity contribution is 0.326. The number of aromatic nitrogens is 1. The molecule has 2 nitrogen and oxygen atoms in total. The van der Waals surface area contributed by atoms with Crippen LogP contribution in [0.15, 0.2) is 47.8 Å². The van der Waals surface area contributed by atoms with Crippen molar-refractivity contribution in [2.45, 2.75) is 26.8 Å². The SMILES string of the molecule is CC(C)(C)C(N)c1nc(-c2cccc3ccccc23)cs1. The van der Waals surface area contributed by atoms with E-state index in [0.29, 0.717) is 0 Å². The Bertz CT molecular complexity index is 763. The van der Waals surface area contributed by atoms with Crippen LogP contribution in [0.3, 0.4) is 0 Å². The molecule has 0 aliphatic heterocycles. The summed E-state index contributed by atoms with van der Waals surface area (Å²) in [6.07, 6.45) is 0. The Hall–Kier alpha value is -1.71. The summed E-state index contributed by atoms with van der Waals surface area (Å²) in [6.45, 7) is 6.45. The molecule has 0 radical (unpaired) electrons. The number of benzene rings is 2. The lowest BCUT2D eigenvalue weighted by Gasteiger charge is -2.24. The van der Waals surface area contributed by atoms with E-state index in [0.717, 1.165) is 10.7 Å².